The molecule has 3 heterocycles. The number of carbonyl (C=O) groups is 1. The van der Waals surface area contributed by atoms with Crippen LogP contribution in [0.25, 0.3) is 0 Å². The van der Waals surface area contributed by atoms with Gasteiger partial charge in [0.15, 0.2) is 0 Å². The molecular weight excluding hydrogens is 314 g/mol. The number of fused-ring (bicyclic) bond motifs is 1. The van der Waals surface area contributed by atoms with Crippen LogP contribution in [0, 0.1) is 0 Å². The predicted octanol–water partition coefficient (Wildman–Crippen LogP) is 0.475. The van der Waals surface area contributed by atoms with E-state index in [2.05, 4.69) is 32.1 Å². The molecule has 6 nitrogen and oxygen atoms in total. The average Bonchev–Trinajstić information content (AvgIpc) is 2.99. The number of carbonyl (C=O) groups excluding carboxylic acids is 1. The first-order valence-corrected chi connectivity index (χ1v) is 9.58. The maximum absolute atomic E-state index is 12.8. The molecule has 1 amide bonds. The van der Waals surface area contributed by atoms with Crippen molar-refractivity contribution < 1.29 is 4.79 Å². The lowest BCUT2D eigenvalue weighted by molar-refractivity contribution is 0.0674. The van der Waals surface area contributed by atoms with Crippen molar-refractivity contribution in [2.75, 3.05) is 57.3 Å². The van der Waals surface area contributed by atoms with E-state index < -0.39 is 0 Å². The molecule has 6 heteroatoms. The van der Waals surface area contributed by atoms with E-state index in [0.29, 0.717) is 6.04 Å². The Hall–Kier alpha value is -1.63. The van der Waals surface area contributed by atoms with Crippen molar-refractivity contribution in [3.63, 3.8) is 0 Å². The van der Waals surface area contributed by atoms with Gasteiger partial charge in [0.25, 0.3) is 5.91 Å². The normalized spacial score (nSPS) is 24.7. The second-order valence-corrected chi connectivity index (χ2v) is 7.39. The molecule has 2 saturated heterocycles. The van der Waals surface area contributed by atoms with Crippen LogP contribution in [0.3, 0.4) is 0 Å². The van der Waals surface area contributed by atoms with Gasteiger partial charge in [-0.3, -0.25) is 9.69 Å². The molecule has 1 atom stereocenters. The van der Waals surface area contributed by atoms with Gasteiger partial charge in [-0.05, 0) is 43.1 Å². The summed E-state index contributed by atoms with van der Waals surface area (Å²) in [4.78, 5) is 19.7. The van der Waals surface area contributed by atoms with Crippen molar-refractivity contribution in [1.82, 2.24) is 15.1 Å². The number of piperidine rings is 1. The molecule has 1 aromatic rings. The lowest BCUT2D eigenvalue weighted by atomic mass is 10.1. The Balaban J connectivity index is 1.44. The van der Waals surface area contributed by atoms with Crippen LogP contribution in [0.15, 0.2) is 18.2 Å². The van der Waals surface area contributed by atoms with E-state index >= 15 is 0 Å². The zero-order valence-electron chi connectivity index (χ0n) is 14.9. The number of nitrogens with one attached hydrogen (secondary N) is 1. The lowest BCUT2D eigenvalue weighted by Crippen LogP contribution is -2.47. The average molecular weight is 343 g/mol. The molecule has 0 aliphatic carbocycles. The highest BCUT2D eigenvalue weighted by Crippen LogP contribution is 2.30. The smallest absolute Gasteiger partial charge is 0.254 e. The Morgan fingerprint density at radius 1 is 1.20 bits per heavy atom. The molecule has 0 aromatic heterocycles. The van der Waals surface area contributed by atoms with Crippen molar-refractivity contribution in [3.05, 3.63) is 29.3 Å². The first-order valence-electron chi connectivity index (χ1n) is 9.58. The Bertz CT molecular complexity index is 620. The number of piperazine rings is 1. The molecule has 4 rings (SSSR count). The monoisotopic (exact) mass is 343 g/mol. The molecule has 0 radical (unpaired) electrons. The number of hydrogen-bond acceptors (Lipinski definition) is 5. The van der Waals surface area contributed by atoms with Crippen LogP contribution in [-0.2, 0) is 6.54 Å². The molecule has 2 fully saturated rings. The molecule has 0 bridgehead atoms. The minimum atomic E-state index is 0.211. The third-order valence-electron chi connectivity index (χ3n) is 5.82. The van der Waals surface area contributed by atoms with E-state index in [-0.39, 0.29) is 5.91 Å². The minimum absolute atomic E-state index is 0.211. The van der Waals surface area contributed by atoms with Crippen molar-refractivity contribution in [3.8, 4) is 0 Å². The van der Waals surface area contributed by atoms with Gasteiger partial charge in [-0.15, -0.1) is 0 Å². The van der Waals surface area contributed by atoms with Crippen LogP contribution in [0.2, 0.25) is 0 Å². The Labute approximate surface area is 149 Å². The van der Waals surface area contributed by atoms with Crippen molar-refractivity contribution in [1.29, 1.82) is 0 Å². The van der Waals surface area contributed by atoms with Gasteiger partial charge in [0, 0.05) is 69.7 Å². The van der Waals surface area contributed by atoms with Crippen molar-refractivity contribution >= 4 is 11.6 Å². The standard InChI is InChI=1S/C19H29N5O/c20-5-7-22-8-10-23(11-9-22)16-3-4-18-15(12-16)14-24(19(18)25)17-2-1-6-21-13-17/h3-4,12,17,21H,1-2,5-11,13-14,20H2. The molecule has 3 aliphatic heterocycles. The van der Waals surface area contributed by atoms with E-state index in [0.717, 1.165) is 77.3 Å². The topological polar surface area (TPSA) is 64.8 Å². The summed E-state index contributed by atoms with van der Waals surface area (Å²) in [6, 6.07) is 6.74. The fourth-order valence-electron chi connectivity index (χ4n) is 4.33. The van der Waals surface area contributed by atoms with E-state index in [4.69, 9.17) is 5.73 Å². The number of amides is 1. The molecule has 0 saturated carbocycles. The summed E-state index contributed by atoms with van der Waals surface area (Å²) in [6.45, 7) is 8.67. The predicted molar refractivity (Wildman–Crippen MR) is 99.9 cm³/mol. The number of hydrogen-bond donors (Lipinski definition) is 2. The molecule has 3 aliphatic rings. The van der Waals surface area contributed by atoms with Gasteiger partial charge >= 0.3 is 0 Å². The highest BCUT2D eigenvalue weighted by Gasteiger charge is 2.33. The number of nitrogens with two attached hydrogens (primary N) is 1. The van der Waals surface area contributed by atoms with E-state index in [1.807, 2.05) is 6.07 Å². The summed E-state index contributed by atoms with van der Waals surface area (Å²) in [5, 5.41) is 3.42. The molecule has 0 spiro atoms. The van der Waals surface area contributed by atoms with Crippen LogP contribution in [0.4, 0.5) is 5.69 Å². The number of nitrogens with zero attached hydrogens (tertiary/aromatic N) is 3. The Morgan fingerprint density at radius 2 is 2.04 bits per heavy atom. The summed E-state index contributed by atoms with van der Waals surface area (Å²) in [6.07, 6.45) is 2.27. The summed E-state index contributed by atoms with van der Waals surface area (Å²) in [5.74, 6) is 0.211. The van der Waals surface area contributed by atoms with Gasteiger partial charge < -0.3 is 20.9 Å². The largest absolute Gasteiger partial charge is 0.369 e. The number of anilines is 1. The first kappa shape index (κ1) is 16.8. The van der Waals surface area contributed by atoms with Gasteiger partial charge in [-0.2, -0.15) is 0 Å². The van der Waals surface area contributed by atoms with Gasteiger partial charge in [0.05, 0.1) is 0 Å². The molecule has 136 valence electrons. The lowest BCUT2D eigenvalue weighted by Gasteiger charge is -2.36. The van der Waals surface area contributed by atoms with E-state index in [1.54, 1.807) is 0 Å². The van der Waals surface area contributed by atoms with Gasteiger partial charge in [0.2, 0.25) is 0 Å². The summed E-state index contributed by atoms with van der Waals surface area (Å²) in [5.41, 5.74) is 9.00. The highest BCUT2D eigenvalue weighted by atomic mass is 16.2. The molecule has 3 N–H and O–H groups in total. The fraction of sp³-hybridized carbons (Fsp3) is 0.632. The maximum atomic E-state index is 12.8. The molecular formula is C19H29N5O. The van der Waals surface area contributed by atoms with Crippen LogP contribution in [0.1, 0.15) is 28.8 Å². The van der Waals surface area contributed by atoms with Crippen molar-refractivity contribution in [2.45, 2.75) is 25.4 Å². The minimum Gasteiger partial charge on any atom is -0.369 e. The van der Waals surface area contributed by atoms with Gasteiger partial charge in [-0.25, -0.2) is 0 Å². The Morgan fingerprint density at radius 3 is 2.76 bits per heavy atom. The highest BCUT2D eigenvalue weighted by molar-refractivity contribution is 5.99. The first-order chi connectivity index (χ1) is 12.3. The summed E-state index contributed by atoms with van der Waals surface area (Å²) in [7, 11) is 0. The third kappa shape index (κ3) is 3.38. The van der Waals surface area contributed by atoms with Crippen LogP contribution >= 0.6 is 0 Å². The number of rotatable bonds is 4. The van der Waals surface area contributed by atoms with Gasteiger partial charge in [-0.1, -0.05) is 0 Å². The quantitative estimate of drug-likeness (QED) is 0.832. The van der Waals surface area contributed by atoms with E-state index in [9.17, 15) is 4.79 Å². The van der Waals surface area contributed by atoms with Crippen LogP contribution in [0.5, 0.6) is 0 Å². The second-order valence-electron chi connectivity index (χ2n) is 7.39. The third-order valence-corrected chi connectivity index (χ3v) is 5.82. The van der Waals surface area contributed by atoms with E-state index in [1.165, 1.54) is 11.3 Å². The van der Waals surface area contributed by atoms with Crippen LogP contribution < -0.4 is 16.0 Å². The summed E-state index contributed by atoms with van der Waals surface area (Å²) < 4.78 is 0. The second kappa shape index (κ2) is 7.32. The fourth-order valence-corrected chi connectivity index (χ4v) is 4.33. The molecule has 1 aromatic carbocycles. The van der Waals surface area contributed by atoms with Crippen LogP contribution in [-0.4, -0.2) is 74.1 Å². The molecule has 1 unspecified atom stereocenters. The zero-order valence-corrected chi connectivity index (χ0v) is 14.9. The maximum Gasteiger partial charge on any atom is 0.254 e. The number of benzene rings is 1. The van der Waals surface area contributed by atoms with Gasteiger partial charge in [0.1, 0.15) is 0 Å². The zero-order chi connectivity index (χ0) is 17.2. The Kier molecular flexibility index (Phi) is 4.92. The molecule has 25 heavy (non-hydrogen) atoms. The van der Waals surface area contributed by atoms with Crippen molar-refractivity contribution in [2.24, 2.45) is 5.73 Å². The SMILES string of the molecule is NCCN1CCN(c2ccc3c(c2)CN(C2CCCNC2)C3=O)CC1. The summed E-state index contributed by atoms with van der Waals surface area (Å²) >= 11 is 0.